The van der Waals surface area contributed by atoms with Crippen LogP contribution in [0.2, 0.25) is 0 Å². The van der Waals surface area contributed by atoms with Crippen molar-refractivity contribution in [3.63, 3.8) is 0 Å². The Balaban J connectivity index is 1.54. The number of nitrogens with zero attached hydrogens (tertiary/aromatic N) is 2. The fourth-order valence-electron chi connectivity index (χ4n) is 5.35. The maximum absolute atomic E-state index is 13.5. The number of urea groups is 1. The number of benzene rings is 2. The normalized spacial score (nSPS) is 24.3. The topological polar surface area (TPSA) is 120 Å². The summed E-state index contributed by atoms with van der Waals surface area (Å²) in [4.78, 5) is 12.6. The number of aromatic nitrogens is 1. The average molecular weight is 498 g/mol. The summed E-state index contributed by atoms with van der Waals surface area (Å²) in [6, 6.07) is 12.0. The van der Waals surface area contributed by atoms with Crippen molar-refractivity contribution in [1.29, 1.82) is 5.26 Å². The lowest BCUT2D eigenvalue weighted by molar-refractivity contribution is -0.137. The van der Waals surface area contributed by atoms with Crippen LogP contribution in [0.3, 0.4) is 0 Å². The molecule has 186 valence electrons. The van der Waals surface area contributed by atoms with Gasteiger partial charge < -0.3 is 25.6 Å². The number of ether oxygens (including phenoxy) is 1. The number of alkyl halides is 3. The summed E-state index contributed by atoms with van der Waals surface area (Å²) in [7, 11) is 0. The molecule has 0 saturated carbocycles. The van der Waals surface area contributed by atoms with Crippen molar-refractivity contribution in [2.24, 2.45) is 0 Å². The van der Waals surface area contributed by atoms with Crippen LogP contribution in [0.25, 0.3) is 5.69 Å². The highest BCUT2D eigenvalue weighted by Gasteiger charge is 2.65. The summed E-state index contributed by atoms with van der Waals surface area (Å²) in [5.74, 6) is -0.986. The summed E-state index contributed by atoms with van der Waals surface area (Å²) in [5.41, 5.74) is -3.36. The lowest BCUT2D eigenvalue weighted by atomic mass is 9.76. The lowest BCUT2D eigenvalue weighted by Gasteiger charge is -2.30. The molecule has 4 N–H and O–H groups in total. The third kappa shape index (κ3) is 3.37. The Morgan fingerprint density at radius 2 is 1.81 bits per heavy atom. The van der Waals surface area contributed by atoms with E-state index in [2.05, 4.69) is 10.6 Å². The Labute approximate surface area is 203 Å². The van der Waals surface area contributed by atoms with E-state index in [0.717, 1.165) is 10.6 Å². The van der Waals surface area contributed by atoms with Gasteiger partial charge in [0.1, 0.15) is 5.60 Å². The molecule has 1 aromatic heterocycles. The van der Waals surface area contributed by atoms with Gasteiger partial charge in [-0.3, -0.25) is 4.57 Å². The van der Waals surface area contributed by atoms with E-state index in [1.165, 1.54) is 12.1 Å². The second-order valence-electron chi connectivity index (χ2n) is 9.23. The van der Waals surface area contributed by atoms with E-state index < -0.39 is 52.3 Å². The van der Waals surface area contributed by atoms with Crippen LogP contribution < -0.4 is 10.6 Å². The number of anilines is 1. The molecule has 2 aliphatic heterocycles. The van der Waals surface area contributed by atoms with Gasteiger partial charge in [0.15, 0.2) is 0 Å². The van der Waals surface area contributed by atoms with Crippen molar-refractivity contribution < 1.29 is 32.9 Å². The van der Waals surface area contributed by atoms with Gasteiger partial charge in [0.25, 0.3) is 0 Å². The van der Waals surface area contributed by atoms with Crippen molar-refractivity contribution in [3.05, 3.63) is 70.8 Å². The molecular weight excluding hydrogens is 477 g/mol. The van der Waals surface area contributed by atoms with Crippen LogP contribution in [0.1, 0.15) is 42.5 Å². The number of para-hydroxylation sites is 1. The fraction of sp³-hybridized carbons (Fsp3) is 0.280. The molecule has 5 rings (SSSR count). The lowest BCUT2D eigenvalue weighted by Crippen LogP contribution is -2.48. The van der Waals surface area contributed by atoms with Gasteiger partial charge in [-0.25, -0.2) is 4.79 Å². The molecule has 3 heterocycles. The number of hydrogen-bond acceptors (Lipinski definition) is 5. The third-order valence-electron chi connectivity index (χ3n) is 6.87. The highest BCUT2D eigenvalue weighted by atomic mass is 19.4. The zero-order valence-corrected chi connectivity index (χ0v) is 19.1. The van der Waals surface area contributed by atoms with Crippen LogP contribution in [0.15, 0.2) is 48.5 Å². The van der Waals surface area contributed by atoms with E-state index in [-0.39, 0.29) is 23.2 Å². The number of nitrogens with one attached hydrogen (secondary N) is 2. The van der Waals surface area contributed by atoms with Crippen LogP contribution in [0.5, 0.6) is 11.8 Å². The predicted molar refractivity (Wildman–Crippen MR) is 122 cm³/mol. The largest absolute Gasteiger partial charge is 0.494 e. The SMILES string of the molecule is C[C@@]12O[C@@](C)(C[C@H]1NC(=O)Nc1ccccc1)c1c2c(O)n(-c2ccc(C#N)c(C(F)(F)F)c2)c1O. The summed E-state index contributed by atoms with van der Waals surface area (Å²) in [5, 5.41) is 36.8. The molecule has 36 heavy (non-hydrogen) atoms. The molecule has 1 saturated heterocycles. The molecule has 0 radical (unpaired) electrons. The minimum absolute atomic E-state index is 0.177. The van der Waals surface area contributed by atoms with E-state index in [4.69, 9.17) is 10.00 Å². The maximum atomic E-state index is 13.5. The highest BCUT2D eigenvalue weighted by molar-refractivity contribution is 5.89. The van der Waals surface area contributed by atoms with Crippen molar-refractivity contribution in [2.75, 3.05) is 5.32 Å². The molecule has 0 aliphatic carbocycles. The predicted octanol–water partition coefficient (Wildman–Crippen LogP) is 4.83. The van der Waals surface area contributed by atoms with Gasteiger partial charge in [-0.1, -0.05) is 18.2 Å². The second kappa shape index (κ2) is 7.66. The molecule has 8 nitrogen and oxygen atoms in total. The number of carbonyl (C=O) groups is 1. The minimum atomic E-state index is -4.82. The number of aromatic hydroxyl groups is 2. The standard InChI is InChI=1S/C25H21F3N4O4/c1-23-11-17(31-22(35)30-14-6-4-3-5-7-14)24(2,36-23)19-18(23)20(33)32(21(19)34)15-9-8-13(12-29)16(10-15)25(26,27)28/h3-10,17,33-34H,11H2,1-2H3,(H2,30,31,35)/t17-,23+,24-/m1/s1. The second-order valence-corrected chi connectivity index (χ2v) is 9.23. The number of carbonyl (C=O) groups excluding carboxylic acids is 1. The Morgan fingerprint density at radius 1 is 1.14 bits per heavy atom. The van der Waals surface area contributed by atoms with Crippen molar-refractivity contribution in [2.45, 2.75) is 43.7 Å². The van der Waals surface area contributed by atoms with Gasteiger partial charge in [0.05, 0.1) is 45.7 Å². The van der Waals surface area contributed by atoms with E-state index in [1.54, 1.807) is 38.1 Å². The molecule has 0 spiro atoms. The van der Waals surface area contributed by atoms with E-state index in [9.17, 15) is 28.2 Å². The molecule has 3 aromatic rings. The van der Waals surface area contributed by atoms with Crippen LogP contribution in [0.4, 0.5) is 23.7 Å². The first-order valence-electron chi connectivity index (χ1n) is 11.0. The van der Waals surface area contributed by atoms with Gasteiger partial charge in [0, 0.05) is 12.1 Å². The molecule has 2 aromatic carbocycles. The average Bonchev–Trinajstić information content (AvgIpc) is 3.33. The number of hydrogen-bond donors (Lipinski definition) is 4. The van der Waals surface area contributed by atoms with E-state index in [0.29, 0.717) is 11.8 Å². The highest BCUT2D eigenvalue weighted by Crippen LogP contribution is 2.64. The van der Waals surface area contributed by atoms with Gasteiger partial charge >= 0.3 is 12.2 Å². The number of rotatable bonds is 3. The zero-order valence-electron chi connectivity index (χ0n) is 19.1. The minimum Gasteiger partial charge on any atom is -0.494 e. The molecule has 11 heteroatoms. The summed E-state index contributed by atoms with van der Waals surface area (Å²) in [6.45, 7) is 3.32. The van der Waals surface area contributed by atoms with Crippen molar-refractivity contribution >= 4 is 11.7 Å². The van der Waals surface area contributed by atoms with Gasteiger partial charge in [-0.15, -0.1) is 0 Å². The van der Waals surface area contributed by atoms with Crippen LogP contribution in [-0.4, -0.2) is 26.9 Å². The van der Waals surface area contributed by atoms with Crippen LogP contribution in [-0.2, 0) is 22.1 Å². The smallest absolute Gasteiger partial charge is 0.417 e. The van der Waals surface area contributed by atoms with Crippen LogP contribution >= 0.6 is 0 Å². The van der Waals surface area contributed by atoms with Crippen molar-refractivity contribution in [1.82, 2.24) is 9.88 Å². The fourth-order valence-corrected chi connectivity index (χ4v) is 5.35. The third-order valence-corrected chi connectivity index (χ3v) is 6.87. The molecule has 2 amide bonds. The van der Waals surface area contributed by atoms with Gasteiger partial charge in [0.2, 0.25) is 11.8 Å². The first-order valence-corrected chi connectivity index (χ1v) is 11.0. The molecule has 2 bridgehead atoms. The van der Waals surface area contributed by atoms with Gasteiger partial charge in [-0.05, 0) is 44.2 Å². The molecule has 1 fully saturated rings. The first kappa shape index (κ1) is 23.6. The molecule has 2 aliphatic rings. The number of nitriles is 1. The molecule has 0 unspecified atom stereocenters. The summed E-state index contributed by atoms with van der Waals surface area (Å²) in [6.07, 6.45) is -4.57. The number of halogens is 3. The van der Waals surface area contributed by atoms with Gasteiger partial charge in [-0.2, -0.15) is 18.4 Å². The number of amides is 2. The zero-order chi connectivity index (χ0) is 26.0. The Kier molecular flexibility index (Phi) is 5.02. The number of fused-ring (bicyclic) bond motifs is 5. The van der Waals surface area contributed by atoms with Crippen LogP contribution in [0, 0.1) is 11.3 Å². The monoisotopic (exact) mass is 498 g/mol. The Morgan fingerprint density at radius 3 is 2.44 bits per heavy atom. The van der Waals surface area contributed by atoms with E-state index >= 15 is 0 Å². The van der Waals surface area contributed by atoms with E-state index in [1.807, 2.05) is 6.07 Å². The van der Waals surface area contributed by atoms with Crippen molar-refractivity contribution in [3.8, 4) is 23.5 Å². The Bertz CT molecular complexity index is 1430. The molecular formula is C25H21F3N4O4. The molecule has 3 atom stereocenters. The summed E-state index contributed by atoms with van der Waals surface area (Å²) < 4.78 is 47.7. The summed E-state index contributed by atoms with van der Waals surface area (Å²) >= 11 is 0. The quantitative estimate of drug-likeness (QED) is 0.412. The maximum Gasteiger partial charge on any atom is 0.417 e. The first-order chi connectivity index (χ1) is 16.9. The Hall–Kier alpha value is -4.17.